The highest BCUT2D eigenvalue weighted by molar-refractivity contribution is 14.0. The summed E-state index contributed by atoms with van der Waals surface area (Å²) in [6, 6.07) is 9.87. The average molecular weight is 419 g/mol. The van der Waals surface area contributed by atoms with Crippen LogP contribution in [0, 0.1) is 5.92 Å². The van der Waals surface area contributed by atoms with Crippen LogP contribution in [0.25, 0.3) is 0 Å². The number of nitrogens with zero attached hydrogens (tertiary/aromatic N) is 2. The molecule has 1 aromatic rings. The molecule has 1 saturated heterocycles. The third kappa shape index (κ3) is 6.39. The van der Waals surface area contributed by atoms with E-state index in [-0.39, 0.29) is 24.0 Å². The van der Waals surface area contributed by atoms with Crippen molar-refractivity contribution in [3.63, 3.8) is 0 Å². The second-order valence-corrected chi connectivity index (χ2v) is 5.24. The minimum Gasteiger partial charge on any atom is -0.492 e. The molecule has 0 radical (unpaired) electrons. The number of rotatable bonds is 6. The molecule has 1 aliphatic rings. The van der Waals surface area contributed by atoms with E-state index in [9.17, 15) is 0 Å². The summed E-state index contributed by atoms with van der Waals surface area (Å²) in [6.45, 7) is 4.07. The van der Waals surface area contributed by atoms with Crippen LogP contribution < -0.4 is 10.1 Å². The Kier molecular flexibility index (Phi) is 9.22. The molecule has 5 nitrogen and oxygen atoms in total. The second kappa shape index (κ2) is 10.7. The van der Waals surface area contributed by atoms with E-state index >= 15 is 0 Å². The van der Waals surface area contributed by atoms with Crippen molar-refractivity contribution in [3.8, 4) is 5.75 Å². The number of nitrogens with one attached hydrogen (secondary N) is 1. The lowest BCUT2D eigenvalue weighted by molar-refractivity contribution is 0.186. The van der Waals surface area contributed by atoms with Crippen molar-refractivity contribution in [1.82, 2.24) is 10.2 Å². The normalized spacial score (nSPS) is 17.7. The first kappa shape index (κ1) is 19.0. The van der Waals surface area contributed by atoms with Gasteiger partial charge in [0.25, 0.3) is 0 Å². The third-order valence-corrected chi connectivity index (χ3v) is 3.58. The first-order chi connectivity index (χ1) is 10.3. The van der Waals surface area contributed by atoms with Crippen molar-refractivity contribution in [3.05, 3.63) is 30.3 Å². The van der Waals surface area contributed by atoms with Gasteiger partial charge in [0, 0.05) is 33.2 Å². The number of para-hydroxylation sites is 1. The topological polar surface area (TPSA) is 46.1 Å². The molecule has 1 fully saturated rings. The molecule has 0 bridgehead atoms. The van der Waals surface area contributed by atoms with E-state index in [0.29, 0.717) is 12.5 Å². The summed E-state index contributed by atoms with van der Waals surface area (Å²) in [4.78, 5) is 6.39. The highest BCUT2D eigenvalue weighted by Crippen LogP contribution is 2.11. The summed E-state index contributed by atoms with van der Waals surface area (Å²) in [5.41, 5.74) is 0. The van der Waals surface area contributed by atoms with E-state index in [1.165, 1.54) is 0 Å². The van der Waals surface area contributed by atoms with E-state index in [0.717, 1.165) is 44.4 Å². The van der Waals surface area contributed by atoms with E-state index < -0.39 is 0 Å². The number of aliphatic imine (C=N–C) groups is 1. The summed E-state index contributed by atoms with van der Waals surface area (Å²) < 4.78 is 11.1. The van der Waals surface area contributed by atoms with Crippen LogP contribution in [0.5, 0.6) is 5.75 Å². The second-order valence-electron chi connectivity index (χ2n) is 5.24. The molecule has 0 aliphatic carbocycles. The molecule has 1 aromatic carbocycles. The summed E-state index contributed by atoms with van der Waals surface area (Å²) in [7, 11) is 3.83. The summed E-state index contributed by atoms with van der Waals surface area (Å²) in [6.07, 6.45) is 1.13. The molecule has 1 aliphatic heterocycles. The molecule has 0 spiro atoms. The zero-order valence-electron chi connectivity index (χ0n) is 13.3. The van der Waals surface area contributed by atoms with Crippen molar-refractivity contribution >= 4 is 29.9 Å². The van der Waals surface area contributed by atoms with Gasteiger partial charge in [-0.15, -0.1) is 24.0 Å². The van der Waals surface area contributed by atoms with E-state index in [1.807, 2.05) is 44.4 Å². The van der Waals surface area contributed by atoms with E-state index in [4.69, 9.17) is 9.47 Å². The quantitative estimate of drug-likeness (QED) is 0.437. The minimum atomic E-state index is 0. The largest absolute Gasteiger partial charge is 0.492 e. The van der Waals surface area contributed by atoms with Gasteiger partial charge >= 0.3 is 0 Å². The molecule has 2 rings (SSSR count). The van der Waals surface area contributed by atoms with Gasteiger partial charge in [-0.1, -0.05) is 18.2 Å². The molecule has 0 amide bonds. The van der Waals surface area contributed by atoms with Crippen LogP contribution in [0.3, 0.4) is 0 Å². The SMILES string of the molecule is CN=C(NCC1CCOC1)N(C)CCOc1ccccc1.I. The van der Waals surface area contributed by atoms with Crippen LogP contribution >= 0.6 is 24.0 Å². The van der Waals surface area contributed by atoms with Crippen LogP contribution in [0.4, 0.5) is 0 Å². The Morgan fingerprint density at radius 1 is 1.41 bits per heavy atom. The lowest BCUT2D eigenvalue weighted by Crippen LogP contribution is -2.42. The fraction of sp³-hybridized carbons (Fsp3) is 0.562. The number of guanidine groups is 1. The van der Waals surface area contributed by atoms with Crippen molar-refractivity contribution < 1.29 is 9.47 Å². The van der Waals surface area contributed by atoms with Crippen LogP contribution in [-0.2, 0) is 4.74 Å². The zero-order valence-corrected chi connectivity index (χ0v) is 15.7. The summed E-state index contributed by atoms with van der Waals surface area (Å²) in [5.74, 6) is 2.39. The zero-order chi connectivity index (χ0) is 14.9. The fourth-order valence-electron chi connectivity index (χ4n) is 2.29. The Morgan fingerprint density at radius 2 is 2.18 bits per heavy atom. The maximum absolute atomic E-state index is 5.70. The van der Waals surface area contributed by atoms with Crippen molar-refractivity contribution in [1.29, 1.82) is 0 Å². The average Bonchev–Trinajstić information content (AvgIpc) is 3.02. The van der Waals surface area contributed by atoms with Gasteiger partial charge in [-0.2, -0.15) is 0 Å². The molecule has 6 heteroatoms. The molecule has 1 unspecified atom stereocenters. The van der Waals surface area contributed by atoms with Crippen molar-refractivity contribution in [2.24, 2.45) is 10.9 Å². The third-order valence-electron chi connectivity index (χ3n) is 3.58. The van der Waals surface area contributed by atoms with E-state index in [1.54, 1.807) is 0 Å². The molecule has 0 saturated carbocycles. The smallest absolute Gasteiger partial charge is 0.193 e. The van der Waals surface area contributed by atoms with Gasteiger partial charge < -0.3 is 19.7 Å². The lowest BCUT2D eigenvalue weighted by atomic mass is 10.1. The predicted molar refractivity (Wildman–Crippen MR) is 100 cm³/mol. The Bertz CT molecular complexity index is 436. The number of benzene rings is 1. The molecular weight excluding hydrogens is 393 g/mol. The van der Waals surface area contributed by atoms with Gasteiger partial charge in [0.15, 0.2) is 5.96 Å². The van der Waals surface area contributed by atoms with Crippen LogP contribution in [0.1, 0.15) is 6.42 Å². The number of ether oxygens (including phenoxy) is 2. The molecule has 1 heterocycles. The molecule has 1 atom stereocenters. The summed E-state index contributed by atoms with van der Waals surface area (Å²) >= 11 is 0. The molecule has 1 N–H and O–H groups in total. The maximum atomic E-state index is 5.70. The Balaban J connectivity index is 0.00000242. The van der Waals surface area contributed by atoms with Crippen LogP contribution in [-0.4, -0.2) is 57.9 Å². The Hall–Kier alpha value is -1.02. The predicted octanol–water partition coefficient (Wildman–Crippen LogP) is 2.23. The van der Waals surface area contributed by atoms with Gasteiger partial charge in [0.2, 0.25) is 0 Å². The van der Waals surface area contributed by atoms with Crippen molar-refractivity contribution in [2.75, 3.05) is 47.0 Å². The van der Waals surface area contributed by atoms with Crippen LogP contribution in [0.2, 0.25) is 0 Å². The van der Waals surface area contributed by atoms with Gasteiger partial charge in [-0.3, -0.25) is 4.99 Å². The van der Waals surface area contributed by atoms with Gasteiger partial charge in [0.1, 0.15) is 12.4 Å². The van der Waals surface area contributed by atoms with Crippen molar-refractivity contribution in [2.45, 2.75) is 6.42 Å². The van der Waals surface area contributed by atoms with E-state index in [2.05, 4.69) is 15.2 Å². The highest BCUT2D eigenvalue weighted by Gasteiger charge is 2.16. The van der Waals surface area contributed by atoms with Gasteiger partial charge in [-0.25, -0.2) is 0 Å². The minimum absolute atomic E-state index is 0. The first-order valence-electron chi connectivity index (χ1n) is 7.47. The first-order valence-corrected chi connectivity index (χ1v) is 7.47. The standard InChI is InChI=1S/C16H25N3O2.HI/c1-17-16(18-12-14-8-10-20-13-14)19(2)9-11-21-15-6-4-3-5-7-15;/h3-7,14H,8-13H2,1-2H3,(H,17,18);1H. The maximum Gasteiger partial charge on any atom is 0.193 e. The monoisotopic (exact) mass is 419 g/mol. The number of halogens is 1. The highest BCUT2D eigenvalue weighted by atomic mass is 127. The fourth-order valence-corrected chi connectivity index (χ4v) is 2.29. The van der Waals surface area contributed by atoms with Gasteiger partial charge in [-0.05, 0) is 18.6 Å². The Morgan fingerprint density at radius 3 is 2.82 bits per heavy atom. The molecule has 0 aromatic heterocycles. The lowest BCUT2D eigenvalue weighted by Gasteiger charge is -2.23. The molecule has 124 valence electrons. The molecular formula is C16H26IN3O2. The number of likely N-dealkylation sites (N-methyl/N-ethyl adjacent to an activating group) is 1. The number of hydrogen-bond acceptors (Lipinski definition) is 3. The van der Waals surface area contributed by atoms with Gasteiger partial charge in [0.05, 0.1) is 13.2 Å². The van der Waals surface area contributed by atoms with Crippen LogP contribution in [0.15, 0.2) is 35.3 Å². The summed E-state index contributed by atoms with van der Waals surface area (Å²) in [5, 5.41) is 3.40. The molecule has 22 heavy (non-hydrogen) atoms. The number of hydrogen-bond donors (Lipinski definition) is 1. The Labute approximate surface area is 150 Å².